The molecule has 1 aromatic heterocycles. The summed E-state index contributed by atoms with van der Waals surface area (Å²) >= 11 is 6.09. The molecule has 0 atom stereocenters. The molecule has 0 amide bonds. The summed E-state index contributed by atoms with van der Waals surface area (Å²) in [4.78, 5) is 4.49. The van der Waals surface area contributed by atoms with Crippen LogP contribution in [0.25, 0.3) is 11.3 Å². The molecule has 0 saturated heterocycles. The molecule has 3 nitrogen and oxygen atoms in total. The maximum atomic E-state index is 14.0. The van der Waals surface area contributed by atoms with E-state index in [1.54, 1.807) is 18.2 Å². The van der Waals surface area contributed by atoms with Crippen molar-refractivity contribution in [2.24, 2.45) is 0 Å². The van der Waals surface area contributed by atoms with Crippen LogP contribution in [0.5, 0.6) is 0 Å². The number of hydrogen-bond acceptors (Lipinski definition) is 2. The van der Waals surface area contributed by atoms with Gasteiger partial charge in [0, 0.05) is 12.5 Å². The van der Waals surface area contributed by atoms with Crippen LogP contribution >= 0.6 is 11.6 Å². The maximum absolute atomic E-state index is 14.0. The van der Waals surface area contributed by atoms with Crippen molar-refractivity contribution in [1.29, 1.82) is 0 Å². The van der Waals surface area contributed by atoms with Gasteiger partial charge in [0.2, 0.25) is 0 Å². The number of imidazole rings is 1. The second-order valence-electron chi connectivity index (χ2n) is 4.85. The lowest BCUT2D eigenvalue weighted by molar-refractivity contribution is 0.631. The number of benzene rings is 1. The summed E-state index contributed by atoms with van der Waals surface area (Å²) in [6.07, 6.45) is 1.73. The van der Waals surface area contributed by atoms with Crippen LogP contribution < -0.4 is 5.73 Å². The average Bonchev–Trinajstić information content (AvgIpc) is 2.69. The van der Waals surface area contributed by atoms with Crippen LogP contribution in [0, 0.1) is 5.82 Å². The Bertz CT molecular complexity index is 627. The Hall–Kier alpha value is -1.81. The Morgan fingerprint density at radius 2 is 2.20 bits per heavy atom. The molecule has 0 unspecified atom stereocenters. The van der Waals surface area contributed by atoms with Crippen LogP contribution in [0.4, 0.5) is 10.2 Å². The standard InChI is InChI=1S/C15H17ClFN3/c1-4-8-20-14(18)13(19-15(20)9(2)3)12-10(16)6-5-7-11(12)17/h4-7,9H,1,8,18H2,2-3H3. The fourth-order valence-corrected chi connectivity index (χ4v) is 2.41. The van der Waals surface area contributed by atoms with E-state index in [4.69, 9.17) is 17.3 Å². The molecule has 1 aromatic carbocycles. The van der Waals surface area contributed by atoms with Gasteiger partial charge in [-0.15, -0.1) is 6.58 Å². The highest BCUT2D eigenvalue weighted by Crippen LogP contribution is 2.35. The van der Waals surface area contributed by atoms with Gasteiger partial charge in [0.05, 0.1) is 10.6 Å². The number of allylic oxidation sites excluding steroid dienone is 1. The summed E-state index contributed by atoms with van der Waals surface area (Å²) in [5, 5.41) is 0.301. The van der Waals surface area contributed by atoms with Gasteiger partial charge < -0.3 is 10.3 Å². The van der Waals surface area contributed by atoms with Crippen LogP contribution in [-0.2, 0) is 6.54 Å². The van der Waals surface area contributed by atoms with E-state index in [1.165, 1.54) is 6.07 Å². The molecule has 106 valence electrons. The van der Waals surface area contributed by atoms with Crippen LogP contribution in [0.1, 0.15) is 25.6 Å². The molecule has 0 bridgehead atoms. The highest BCUT2D eigenvalue weighted by molar-refractivity contribution is 6.33. The molecule has 5 heteroatoms. The van der Waals surface area contributed by atoms with Gasteiger partial charge >= 0.3 is 0 Å². The summed E-state index contributed by atoms with van der Waals surface area (Å²) in [7, 11) is 0. The first kappa shape index (κ1) is 14.6. The third-order valence-corrected chi connectivity index (χ3v) is 3.38. The van der Waals surface area contributed by atoms with Gasteiger partial charge in [-0.05, 0) is 12.1 Å². The molecule has 2 aromatic rings. The fourth-order valence-electron chi connectivity index (χ4n) is 2.15. The summed E-state index contributed by atoms with van der Waals surface area (Å²) in [6, 6.07) is 4.53. The number of halogens is 2. The molecule has 20 heavy (non-hydrogen) atoms. The van der Waals surface area contributed by atoms with E-state index in [0.29, 0.717) is 23.1 Å². The molecule has 2 N–H and O–H groups in total. The number of rotatable bonds is 4. The van der Waals surface area contributed by atoms with Gasteiger partial charge in [-0.2, -0.15) is 0 Å². The summed E-state index contributed by atoms with van der Waals surface area (Å²) in [6.45, 7) is 8.25. The molecule has 1 heterocycles. The van der Waals surface area contributed by atoms with Gasteiger partial charge in [-0.1, -0.05) is 37.6 Å². The third kappa shape index (κ3) is 2.43. The van der Waals surface area contributed by atoms with E-state index in [1.807, 2.05) is 18.4 Å². The van der Waals surface area contributed by atoms with Crippen molar-refractivity contribution >= 4 is 17.4 Å². The SMILES string of the molecule is C=CCn1c(C(C)C)nc(-c2c(F)cccc2Cl)c1N. The van der Waals surface area contributed by atoms with Gasteiger partial charge in [-0.25, -0.2) is 9.37 Å². The monoisotopic (exact) mass is 293 g/mol. The molecule has 0 saturated carbocycles. The normalized spacial score (nSPS) is 11.1. The van der Waals surface area contributed by atoms with Crippen molar-refractivity contribution in [3.63, 3.8) is 0 Å². The van der Waals surface area contributed by atoms with Crippen molar-refractivity contribution < 1.29 is 4.39 Å². The predicted molar refractivity (Wildman–Crippen MR) is 81.3 cm³/mol. The Morgan fingerprint density at radius 1 is 1.50 bits per heavy atom. The second kappa shape index (κ2) is 5.67. The maximum Gasteiger partial charge on any atom is 0.134 e. The van der Waals surface area contributed by atoms with Gasteiger partial charge in [0.25, 0.3) is 0 Å². The van der Waals surface area contributed by atoms with Crippen molar-refractivity contribution in [2.45, 2.75) is 26.3 Å². The lowest BCUT2D eigenvalue weighted by Gasteiger charge is -2.09. The molecule has 0 radical (unpaired) electrons. The van der Waals surface area contributed by atoms with E-state index < -0.39 is 5.82 Å². The van der Waals surface area contributed by atoms with Gasteiger partial charge in [0.1, 0.15) is 23.2 Å². The summed E-state index contributed by atoms with van der Waals surface area (Å²) in [5.41, 5.74) is 6.76. The zero-order chi connectivity index (χ0) is 14.9. The van der Waals surface area contributed by atoms with Crippen LogP contribution in [-0.4, -0.2) is 9.55 Å². The fraction of sp³-hybridized carbons (Fsp3) is 0.267. The highest BCUT2D eigenvalue weighted by atomic mass is 35.5. The minimum atomic E-state index is -0.428. The molecule has 0 aliphatic rings. The minimum absolute atomic E-state index is 0.163. The molecule has 0 aliphatic carbocycles. The summed E-state index contributed by atoms with van der Waals surface area (Å²) in [5.74, 6) is 0.927. The van der Waals surface area contributed by atoms with E-state index in [0.717, 1.165) is 5.82 Å². The molecule has 0 aliphatic heterocycles. The largest absolute Gasteiger partial charge is 0.383 e. The van der Waals surface area contributed by atoms with Crippen molar-refractivity contribution in [3.05, 3.63) is 47.5 Å². The Morgan fingerprint density at radius 3 is 2.75 bits per heavy atom. The Labute approximate surface area is 122 Å². The van der Waals surface area contributed by atoms with E-state index in [-0.39, 0.29) is 11.5 Å². The zero-order valence-corrected chi connectivity index (χ0v) is 12.3. The van der Waals surface area contributed by atoms with Crippen molar-refractivity contribution in [2.75, 3.05) is 5.73 Å². The first-order valence-corrected chi connectivity index (χ1v) is 6.76. The van der Waals surface area contributed by atoms with E-state index in [2.05, 4.69) is 11.6 Å². The van der Waals surface area contributed by atoms with E-state index >= 15 is 0 Å². The molecule has 0 fully saturated rings. The van der Waals surface area contributed by atoms with Crippen LogP contribution in [0.3, 0.4) is 0 Å². The lowest BCUT2D eigenvalue weighted by Crippen LogP contribution is -2.07. The first-order valence-electron chi connectivity index (χ1n) is 6.38. The van der Waals surface area contributed by atoms with E-state index in [9.17, 15) is 4.39 Å². The number of aromatic nitrogens is 2. The topological polar surface area (TPSA) is 43.8 Å². The number of nitrogen functional groups attached to an aromatic ring is 1. The number of anilines is 1. The molecular formula is C15H17ClFN3. The number of nitrogens with zero attached hydrogens (tertiary/aromatic N) is 2. The summed E-state index contributed by atoms with van der Waals surface area (Å²) < 4.78 is 15.9. The van der Waals surface area contributed by atoms with Crippen molar-refractivity contribution in [3.8, 4) is 11.3 Å². The predicted octanol–water partition coefficient (Wildman–Crippen LogP) is 4.23. The molecular weight excluding hydrogens is 277 g/mol. The van der Waals surface area contributed by atoms with Crippen LogP contribution in [0.2, 0.25) is 5.02 Å². The Balaban J connectivity index is 2.69. The zero-order valence-electron chi connectivity index (χ0n) is 11.5. The number of hydrogen-bond donors (Lipinski definition) is 1. The quantitative estimate of drug-likeness (QED) is 0.857. The third-order valence-electron chi connectivity index (χ3n) is 3.06. The lowest BCUT2D eigenvalue weighted by atomic mass is 10.1. The smallest absolute Gasteiger partial charge is 0.134 e. The first-order chi connectivity index (χ1) is 9.47. The highest BCUT2D eigenvalue weighted by Gasteiger charge is 2.21. The minimum Gasteiger partial charge on any atom is -0.383 e. The van der Waals surface area contributed by atoms with Gasteiger partial charge in [-0.3, -0.25) is 0 Å². The Kier molecular flexibility index (Phi) is 4.14. The molecule has 2 rings (SSSR count). The van der Waals surface area contributed by atoms with Gasteiger partial charge in [0.15, 0.2) is 0 Å². The second-order valence-corrected chi connectivity index (χ2v) is 5.26. The number of nitrogens with two attached hydrogens (primary N) is 1. The van der Waals surface area contributed by atoms with Crippen LogP contribution in [0.15, 0.2) is 30.9 Å². The molecule has 0 spiro atoms. The average molecular weight is 294 g/mol. The van der Waals surface area contributed by atoms with Crippen molar-refractivity contribution in [1.82, 2.24) is 9.55 Å².